The Morgan fingerprint density at radius 2 is 1.56 bits per heavy atom. The molecule has 214 valence electrons. The number of hydrogen-bond acceptors (Lipinski definition) is 7. The highest BCUT2D eigenvalue weighted by Crippen LogP contribution is 2.51. The van der Waals surface area contributed by atoms with Crippen molar-refractivity contribution >= 4 is 34.6 Å². The summed E-state index contributed by atoms with van der Waals surface area (Å²) in [5.41, 5.74) is 8.89. The van der Waals surface area contributed by atoms with Gasteiger partial charge in [0, 0.05) is 16.8 Å². The summed E-state index contributed by atoms with van der Waals surface area (Å²) in [6.45, 7) is 6.26. The number of aryl methyl sites for hydroxylation is 3. The minimum atomic E-state index is -0.335. The van der Waals surface area contributed by atoms with Crippen molar-refractivity contribution in [3.63, 3.8) is 0 Å². The van der Waals surface area contributed by atoms with Crippen LogP contribution in [0.4, 0.5) is 22.9 Å². The monoisotopic (exact) mass is 568 g/mol. The largest absolute Gasteiger partial charge is 0.493 e. The molecule has 0 spiro atoms. The van der Waals surface area contributed by atoms with Gasteiger partial charge in [-0.2, -0.15) is 5.10 Å². The summed E-state index contributed by atoms with van der Waals surface area (Å²) < 4.78 is 13.7. The Labute approximate surface area is 251 Å². The Bertz CT molecular complexity index is 1920. The SMILES string of the molecule is COc1cccc([C@@H]2c3c(C)nn(-c4ccccc4)c3N=C3C(Nc4ccc(C)c(C)c4)=Nc4ccccc4N32)c1OC. The van der Waals surface area contributed by atoms with Crippen LogP contribution >= 0.6 is 0 Å². The van der Waals surface area contributed by atoms with Gasteiger partial charge in [-0.3, -0.25) is 0 Å². The molecule has 0 saturated carbocycles. The van der Waals surface area contributed by atoms with Gasteiger partial charge in [0.2, 0.25) is 0 Å². The number of aromatic nitrogens is 2. The maximum Gasteiger partial charge on any atom is 0.179 e. The zero-order valence-electron chi connectivity index (χ0n) is 24.8. The van der Waals surface area contributed by atoms with Gasteiger partial charge < -0.3 is 19.7 Å². The first-order valence-electron chi connectivity index (χ1n) is 14.2. The Kier molecular flexibility index (Phi) is 6.46. The fraction of sp³-hybridized carbons (Fsp3) is 0.171. The standard InChI is InChI=1S/C35H32N6O2/c1-21-18-19-24(20-22(21)2)36-33-35-38-34-30(23(3)39-41(34)25-12-7-6-8-13-25)31(26-14-11-17-29(42-4)32(26)43-5)40(35)28-16-10-9-15-27(28)37-33/h6-20,31H,1-5H3,(H,36,37)/t31-/m1/s1. The molecule has 5 aromatic rings. The molecule has 0 amide bonds. The van der Waals surface area contributed by atoms with E-state index in [1.165, 1.54) is 11.1 Å². The number of para-hydroxylation sites is 4. The molecule has 0 aliphatic carbocycles. The third-order valence-electron chi connectivity index (χ3n) is 8.14. The fourth-order valence-corrected chi connectivity index (χ4v) is 5.92. The van der Waals surface area contributed by atoms with Crippen LogP contribution in [0.25, 0.3) is 5.69 Å². The van der Waals surface area contributed by atoms with E-state index in [0.717, 1.165) is 45.4 Å². The number of fused-ring (bicyclic) bond motifs is 4. The minimum Gasteiger partial charge on any atom is -0.493 e. The molecule has 0 bridgehead atoms. The molecule has 4 aromatic carbocycles. The molecule has 1 aromatic heterocycles. The first-order valence-corrected chi connectivity index (χ1v) is 14.2. The van der Waals surface area contributed by atoms with Crippen LogP contribution in [-0.4, -0.2) is 35.7 Å². The van der Waals surface area contributed by atoms with Gasteiger partial charge in [0.15, 0.2) is 29.0 Å². The predicted molar refractivity (Wildman–Crippen MR) is 172 cm³/mol. The molecule has 8 nitrogen and oxygen atoms in total. The second kappa shape index (κ2) is 10.5. The summed E-state index contributed by atoms with van der Waals surface area (Å²) in [4.78, 5) is 12.7. The lowest BCUT2D eigenvalue weighted by Crippen LogP contribution is -2.46. The molecular weight excluding hydrogens is 536 g/mol. The lowest BCUT2D eigenvalue weighted by molar-refractivity contribution is 0.350. The number of hydrogen-bond donors (Lipinski definition) is 1. The van der Waals surface area contributed by atoms with Crippen LogP contribution in [-0.2, 0) is 0 Å². The maximum absolute atomic E-state index is 6.02. The highest BCUT2D eigenvalue weighted by Gasteiger charge is 2.43. The number of rotatable bonds is 5. The van der Waals surface area contributed by atoms with Gasteiger partial charge in [0.25, 0.3) is 0 Å². The zero-order valence-corrected chi connectivity index (χ0v) is 24.8. The van der Waals surface area contributed by atoms with E-state index in [4.69, 9.17) is 24.6 Å². The second-order valence-corrected chi connectivity index (χ2v) is 10.7. The number of benzene rings is 4. The molecule has 0 fully saturated rings. The molecule has 3 heterocycles. The average Bonchev–Trinajstić information content (AvgIpc) is 3.37. The number of amidine groups is 2. The maximum atomic E-state index is 6.02. The summed E-state index contributed by atoms with van der Waals surface area (Å²) in [6, 6.07) is 30.2. The van der Waals surface area contributed by atoms with Gasteiger partial charge in [0.05, 0.1) is 43.0 Å². The fourth-order valence-electron chi connectivity index (χ4n) is 5.92. The number of nitrogens with zero attached hydrogens (tertiary/aromatic N) is 5. The molecule has 0 unspecified atom stereocenters. The Morgan fingerprint density at radius 3 is 2.33 bits per heavy atom. The van der Waals surface area contributed by atoms with Gasteiger partial charge in [-0.25, -0.2) is 14.7 Å². The highest BCUT2D eigenvalue weighted by atomic mass is 16.5. The number of nitrogens with one attached hydrogen (secondary N) is 1. The van der Waals surface area contributed by atoms with E-state index < -0.39 is 0 Å². The van der Waals surface area contributed by atoms with Crippen molar-refractivity contribution in [2.45, 2.75) is 26.8 Å². The predicted octanol–water partition coefficient (Wildman–Crippen LogP) is 7.61. The molecule has 0 saturated heterocycles. The van der Waals surface area contributed by atoms with Crippen LogP contribution in [0.3, 0.4) is 0 Å². The van der Waals surface area contributed by atoms with Crippen molar-refractivity contribution in [2.75, 3.05) is 24.4 Å². The van der Waals surface area contributed by atoms with E-state index in [0.29, 0.717) is 23.2 Å². The highest BCUT2D eigenvalue weighted by molar-refractivity contribution is 6.51. The molecule has 7 rings (SSSR count). The minimum absolute atomic E-state index is 0.335. The molecule has 43 heavy (non-hydrogen) atoms. The topological polar surface area (TPSA) is 76.3 Å². The summed E-state index contributed by atoms with van der Waals surface area (Å²) >= 11 is 0. The molecular formula is C35H32N6O2. The number of aliphatic imine (C=N–C) groups is 2. The van der Waals surface area contributed by atoms with Crippen LogP contribution in [0.2, 0.25) is 0 Å². The summed E-state index contributed by atoms with van der Waals surface area (Å²) in [7, 11) is 3.34. The second-order valence-electron chi connectivity index (χ2n) is 10.7. The van der Waals surface area contributed by atoms with Gasteiger partial charge in [0.1, 0.15) is 0 Å². The molecule has 1 atom stereocenters. The Morgan fingerprint density at radius 1 is 0.767 bits per heavy atom. The summed E-state index contributed by atoms with van der Waals surface area (Å²) in [5, 5.41) is 8.63. The molecule has 2 aliphatic rings. The lowest BCUT2D eigenvalue weighted by atomic mass is 9.92. The zero-order chi connectivity index (χ0) is 29.7. The van der Waals surface area contributed by atoms with Crippen molar-refractivity contribution in [3.05, 3.63) is 119 Å². The number of ether oxygens (including phenoxy) is 2. The number of methoxy groups -OCH3 is 2. The van der Waals surface area contributed by atoms with E-state index in [-0.39, 0.29) is 6.04 Å². The molecule has 2 aliphatic heterocycles. The smallest absolute Gasteiger partial charge is 0.179 e. The first kappa shape index (κ1) is 26.5. The van der Waals surface area contributed by atoms with Crippen LogP contribution in [0, 0.1) is 20.8 Å². The normalized spacial score (nSPS) is 15.1. The summed E-state index contributed by atoms with van der Waals surface area (Å²) in [5.74, 6) is 3.41. The van der Waals surface area contributed by atoms with Gasteiger partial charge in [-0.15, -0.1) is 0 Å². The van der Waals surface area contributed by atoms with Gasteiger partial charge in [-0.1, -0.05) is 48.5 Å². The quantitative estimate of drug-likeness (QED) is 0.236. The van der Waals surface area contributed by atoms with Crippen LogP contribution < -0.4 is 19.7 Å². The van der Waals surface area contributed by atoms with Crippen LogP contribution in [0.5, 0.6) is 11.5 Å². The van der Waals surface area contributed by atoms with E-state index in [2.05, 4.69) is 54.4 Å². The number of anilines is 2. The Balaban J connectivity index is 1.52. The van der Waals surface area contributed by atoms with E-state index in [1.807, 2.05) is 72.3 Å². The Hall–Kier alpha value is -5.37. The van der Waals surface area contributed by atoms with E-state index >= 15 is 0 Å². The van der Waals surface area contributed by atoms with E-state index in [9.17, 15) is 0 Å². The van der Waals surface area contributed by atoms with E-state index in [1.54, 1.807) is 14.2 Å². The third kappa shape index (κ3) is 4.34. The van der Waals surface area contributed by atoms with Crippen molar-refractivity contribution in [3.8, 4) is 17.2 Å². The van der Waals surface area contributed by atoms with Crippen LogP contribution in [0.1, 0.15) is 34.0 Å². The average molecular weight is 569 g/mol. The van der Waals surface area contributed by atoms with Crippen molar-refractivity contribution in [1.82, 2.24) is 9.78 Å². The van der Waals surface area contributed by atoms with Crippen molar-refractivity contribution in [1.29, 1.82) is 0 Å². The lowest BCUT2D eigenvalue weighted by Gasteiger charge is -2.41. The first-order chi connectivity index (χ1) is 21.0. The van der Waals surface area contributed by atoms with Crippen LogP contribution in [0.15, 0.2) is 101 Å². The summed E-state index contributed by atoms with van der Waals surface area (Å²) in [6.07, 6.45) is 0. The van der Waals surface area contributed by atoms with Crippen molar-refractivity contribution < 1.29 is 9.47 Å². The molecule has 1 N–H and O–H groups in total. The third-order valence-corrected chi connectivity index (χ3v) is 8.14. The molecule has 0 radical (unpaired) electrons. The van der Waals surface area contributed by atoms with Crippen molar-refractivity contribution in [2.24, 2.45) is 9.98 Å². The molecule has 8 heteroatoms. The van der Waals surface area contributed by atoms with Gasteiger partial charge >= 0.3 is 0 Å². The van der Waals surface area contributed by atoms with Gasteiger partial charge in [-0.05, 0) is 74.4 Å².